The maximum absolute atomic E-state index is 12.5. The van der Waals surface area contributed by atoms with E-state index in [0.29, 0.717) is 11.3 Å². The standard InChI is InChI=1S/C13H11F3N2O2/c1-7-9(4-5-20-7)12(19)18-11-3-2-8(6-10(11)17)13(14,15)16/h2-6H,17H2,1H3,(H,18,19). The average Bonchev–Trinajstić information content (AvgIpc) is 2.76. The number of nitrogens with one attached hydrogen (secondary N) is 1. The molecule has 0 atom stereocenters. The van der Waals surface area contributed by atoms with E-state index in [0.717, 1.165) is 18.2 Å². The van der Waals surface area contributed by atoms with E-state index in [9.17, 15) is 18.0 Å². The number of aryl methyl sites for hydroxylation is 1. The smallest absolute Gasteiger partial charge is 0.416 e. The Hall–Kier alpha value is -2.44. The third-order valence-corrected chi connectivity index (χ3v) is 2.73. The number of furan rings is 1. The summed E-state index contributed by atoms with van der Waals surface area (Å²) in [4.78, 5) is 11.9. The van der Waals surface area contributed by atoms with Gasteiger partial charge in [-0.3, -0.25) is 4.79 Å². The molecule has 20 heavy (non-hydrogen) atoms. The molecular formula is C13H11F3N2O2. The van der Waals surface area contributed by atoms with Crippen LogP contribution in [0.5, 0.6) is 0 Å². The lowest BCUT2D eigenvalue weighted by Gasteiger charge is -2.11. The van der Waals surface area contributed by atoms with Crippen molar-refractivity contribution in [2.24, 2.45) is 0 Å². The minimum absolute atomic E-state index is 0.114. The number of amides is 1. The summed E-state index contributed by atoms with van der Waals surface area (Å²) < 4.78 is 42.4. The first kappa shape index (κ1) is 14.0. The van der Waals surface area contributed by atoms with Gasteiger partial charge in [-0.05, 0) is 31.2 Å². The second-order valence-electron chi connectivity index (χ2n) is 4.14. The first-order chi connectivity index (χ1) is 9.29. The van der Waals surface area contributed by atoms with Crippen LogP contribution >= 0.6 is 0 Å². The van der Waals surface area contributed by atoms with Crippen LogP contribution in [0.2, 0.25) is 0 Å². The highest BCUT2D eigenvalue weighted by Gasteiger charge is 2.30. The topological polar surface area (TPSA) is 68.3 Å². The van der Waals surface area contributed by atoms with Gasteiger partial charge in [-0.2, -0.15) is 13.2 Å². The molecule has 0 saturated heterocycles. The zero-order valence-electron chi connectivity index (χ0n) is 10.4. The number of carbonyl (C=O) groups is 1. The Bertz CT molecular complexity index is 647. The van der Waals surface area contributed by atoms with E-state index >= 15 is 0 Å². The summed E-state index contributed by atoms with van der Waals surface area (Å²) in [6, 6.07) is 4.21. The number of rotatable bonds is 2. The Balaban J connectivity index is 2.23. The molecule has 3 N–H and O–H groups in total. The van der Waals surface area contributed by atoms with Gasteiger partial charge in [-0.15, -0.1) is 0 Å². The molecule has 0 radical (unpaired) electrons. The molecule has 7 heteroatoms. The Labute approximate surface area is 112 Å². The molecule has 0 fully saturated rings. The number of benzene rings is 1. The van der Waals surface area contributed by atoms with Crippen LogP contribution in [-0.2, 0) is 6.18 Å². The van der Waals surface area contributed by atoms with Gasteiger partial charge in [0.25, 0.3) is 5.91 Å². The van der Waals surface area contributed by atoms with Crippen LogP contribution in [0.25, 0.3) is 0 Å². The zero-order valence-corrected chi connectivity index (χ0v) is 10.4. The number of halogens is 3. The van der Waals surface area contributed by atoms with Crippen LogP contribution in [0.1, 0.15) is 21.7 Å². The summed E-state index contributed by atoms with van der Waals surface area (Å²) in [6.07, 6.45) is -3.13. The Morgan fingerprint density at radius 1 is 1.30 bits per heavy atom. The van der Waals surface area contributed by atoms with E-state index in [1.54, 1.807) is 6.92 Å². The molecule has 0 bridgehead atoms. The van der Waals surface area contributed by atoms with E-state index < -0.39 is 17.6 Å². The van der Waals surface area contributed by atoms with Gasteiger partial charge in [-0.25, -0.2) is 0 Å². The van der Waals surface area contributed by atoms with Crippen LogP contribution in [0.3, 0.4) is 0 Å². The highest BCUT2D eigenvalue weighted by Crippen LogP contribution is 2.33. The predicted octanol–water partition coefficient (Wildman–Crippen LogP) is 3.44. The maximum atomic E-state index is 12.5. The minimum atomic E-state index is -4.47. The van der Waals surface area contributed by atoms with Crippen molar-refractivity contribution in [1.82, 2.24) is 0 Å². The Morgan fingerprint density at radius 2 is 2.00 bits per heavy atom. The fraction of sp³-hybridized carbons (Fsp3) is 0.154. The molecule has 1 aromatic heterocycles. The zero-order chi connectivity index (χ0) is 14.9. The van der Waals surface area contributed by atoms with Crippen LogP contribution < -0.4 is 11.1 Å². The monoisotopic (exact) mass is 284 g/mol. The van der Waals surface area contributed by atoms with E-state index in [4.69, 9.17) is 10.2 Å². The highest BCUT2D eigenvalue weighted by atomic mass is 19.4. The average molecular weight is 284 g/mol. The van der Waals surface area contributed by atoms with Crippen molar-refractivity contribution >= 4 is 17.3 Å². The summed E-state index contributed by atoms with van der Waals surface area (Å²) >= 11 is 0. The number of nitrogens with two attached hydrogens (primary N) is 1. The van der Waals surface area contributed by atoms with Crippen LogP contribution in [0.4, 0.5) is 24.5 Å². The molecule has 1 amide bonds. The molecule has 106 valence electrons. The van der Waals surface area contributed by atoms with Crippen LogP contribution in [0.15, 0.2) is 34.9 Å². The summed E-state index contributed by atoms with van der Waals surface area (Å²) in [5, 5.41) is 2.44. The van der Waals surface area contributed by atoms with Crippen molar-refractivity contribution in [2.45, 2.75) is 13.1 Å². The van der Waals surface area contributed by atoms with Crippen molar-refractivity contribution in [3.63, 3.8) is 0 Å². The highest BCUT2D eigenvalue weighted by molar-refractivity contribution is 6.06. The lowest BCUT2D eigenvalue weighted by atomic mass is 10.1. The van der Waals surface area contributed by atoms with Crippen molar-refractivity contribution in [2.75, 3.05) is 11.1 Å². The molecule has 2 rings (SSSR count). The van der Waals surface area contributed by atoms with Crippen molar-refractivity contribution in [3.8, 4) is 0 Å². The number of hydrogen-bond acceptors (Lipinski definition) is 3. The molecule has 0 aliphatic carbocycles. The van der Waals surface area contributed by atoms with Gasteiger partial charge in [0.15, 0.2) is 0 Å². The van der Waals surface area contributed by atoms with Gasteiger partial charge in [0.1, 0.15) is 5.76 Å². The van der Waals surface area contributed by atoms with E-state index in [-0.39, 0.29) is 11.4 Å². The van der Waals surface area contributed by atoms with Crippen LogP contribution in [0, 0.1) is 6.92 Å². The Kier molecular flexibility index (Phi) is 3.44. The van der Waals surface area contributed by atoms with E-state index in [1.807, 2.05) is 0 Å². The summed E-state index contributed by atoms with van der Waals surface area (Å²) in [5.74, 6) is -0.0873. The predicted molar refractivity (Wildman–Crippen MR) is 67.3 cm³/mol. The molecule has 0 aliphatic heterocycles. The molecule has 0 spiro atoms. The molecule has 1 heterocycles. The van der Waals surface area contributed by atoms with Crippen molar-refractivity contribution in [3.05, 3.63) is 47.4 Å². The second-order valence-corrected chi connectivity index (χ2v) is 4.14. The van der Waals surface area contributed by atoms with Crippen molar-refractivity contribution < 1.29 is 22.4 Å². The second kappa shape index (κ2) is 4.92. The maximum Gasteiger partial charge on any atom is 0.416 e. The summed E-state index contributed by atoms with van der Waals surface area (Å²) in [7, 11) is 0. The SMILES string of the molecule is Cc1occc1C(=O)Nc1ccc(C(F)(F)F)cc1N. The third kappa shape index (κ3) is 2.76. The molecule has 0 unspecified atom stereocenters. The number of nitrogen functional groups attached to an aromatic ring is 1. The van der Waals surface area contributed by atoms with Crippen LogP contribution in [-0.4, -0.2) is 5.91 Å². The molecule has 0 aliphatic rings. The fourth-order valence-electron chi connectivity index (χ4n) is 1.66. The molecule has 0 saturated carbocycles. The first-order valence-electron chi connectivity index (χ1n) is 5.61. The summed E-state index contributed by atoms with van der Waals surface area (Å²) in [6.45, 7) is 1.60. The molecule has 1 aromatic carbocycles. The minimum Gasteiger partial charge on any atom is -0.469 e. The van der Waals surface area contributed by atoms with Gasteiger partial charge < -0.3 is 15.5 Å². The number of hydrogen-bond donors (Lipinski definition) is 2. The van der Waals surface area contributed by atoms with Gasteiger partial charge in [0, 0.05) is 0 Å². The van der Waals surface area contributed by atoms with Gasteiger partial charge in [0.05, 0.1) is 28.8 Å². The molecular weight excluding hydrogens is 273 g/mol. The summed E-state index contributed by atoms with van der Waals surface area (Å²) in [5.41, 5.74) is 4.90. The normalized spacial score (nSPS) is 11.4. The van der Waals surface area contributed by atoms with E-state index in [2.05, 4.69) is 5.32 Å². The third-order valence-electron chi connectivity index (χ3n) is 2.73. The quantitative estimate of drug-likeness (QED) is 0.830. The number of carbonyl (C=O) groups excluding carboxylic acids is 1. The van der Waals surface area contributed by atoms with Crippen molar-refractivity contribution in [1.29, 1.82) is 0 Å². The fourth-order valence-corrected chi connectivity index (χ4v) is 1.66. The molecule has 4 nitrogen and oxygen atoms in total. The Morgan fingerprint density at radius 3 is 2.50 bits per heavy atom. The van der Waals surface area contributed by atoms with Gasteiger partial charge in [0.2, 0.25) is 0 Å². The first-order valence-corrected chi connectivity index (χ1v) is 5.61. The van der Waals surface area contributed by atoms with Gasteiger partial charge >= 0.3 is 6.18 Å². The number of alkyl halides is 3. The van der Waals surface area contributed by atoms with E-state index in [1.165, 1.54) is 12.3 Å². The lowest BCUT2D eigenvalue weighted by Crippen LogP contribution is -2.14. The lowest BCUT2D eigenvalue weighted by molar-refractivity contribution is -0.137. The number of anilines is 2. The van der Waals surface area contributed by atoms with Gasteiger partial charge in [-0.1, -0.05) is 0 Å². The largest absolute Gasteiger partial charge is 0.469 e. The molecule has 2 aromatic rings.